The van der Waals surface area contributed by atoms with Crippen LogP contribution < -0.4 is 0 Å². The highest BCUT2D eigenvalue weighted by atomic mass is 16.5. The third-order valence-electron chi connectivity index (χ3n) is 3.05. The van der Waals surface area contributed by atoms with Gasteiger partial charge in [-0.3, -0.25) is 0 Å². The second-order valence-corrected chi connectivity index (χ2v) is 4.33. The number of hydrogen-bond acceptors (Lipinski definition) is 1. The molecule has 0 aromatic rings. The largest absolute Gasteiger partial charge is 0.378 e. The first-order valence-electron chi connectivity index (χ1n) is 6.09. The minimum absolute atomic E-state index is 0.541. The lowest BCUT2D eigenvalue weighted by molar-refractivity contribution is -0.0212. The molecular weight excluding hydrogens is 172 g/mol. The fraction of sp³-hybridized carbons (Fsp3) is 0.846. The highest BCUT2D eigenvalue weighted by Gasteiger charge is 2.20. The van der Waals surface area contributed by atoms with Crippen molar-refractivity contribution in [1.82, 2.24) is 0 Å². The Labute approximate surface area is 88.5 Å². The fourth-order valence-corrected chi connectivity index (χ4v) is 2.17. The van der Waals surface area contributed by atoms with Gasteiger partial charge in [-0.2, -0.15) is 0 Å². The molecule has 0 aromatic carbocycles. The lowest BCUT2D eigenvalue weighted by Gasteiger charge is -2.28. The molecule has 0 radical (unpaired) electrons. The lowest BCUT2D eigenvalue weighted by Crippen LogP contribution is -2.25. The molecule has 1 saturated heterocycles. The van der Waals surface area contributed by atoms with Gasteiger partial charge in [-0.1, -0.05) is 25.5 Å². The van der Waals surface area contributed by atoms with Crippen LogP contribution in [0.4, 0.5) is 0 Å². The van der Waals surface area contributed by atoms with Crippen LogP contribution in [0, 0.1) is 5.92 Å². The molecule has 0 N–H and O–H groups in total. The first-order chi connectivity index (χ1) is 6.86. The SMILES string of the molecule is C/C=C/CCC1CCC(CCC)CO1. The van der Waals surface area contributed by atoms with E-state index >= 15 is 0 Å². The molecule has 0 aliphatic carbocycles. The molecule has 1 aliphatic heterocycles. The summed E-state index contributed by atoms with van der Waals surface area (Å²) in [6, 6.07) is 0. The van der Waals surface area contributed by atoms with Crippen molar-refractivity contribution in [3.8, 4) is 0 Å². The summed E-state index contributed by atoms with van der Waals surface area (Å²) in [5, 5.41) is 0. The number of rotatable bonds is 5. The van der Waals surface area contributed by atoms with Crippen molar-refractivity contribution in [1.29, 1.82) is 0 Å². The van der Waals surface area contributed by atoms with E-state index in [9.17, 15) is 0 Å². The predicted octanol–water partition coefficient (Wildman–Crippen LogP) is 3.94. The van der Waals surface area contributed by atoms with Crippen molar-refractivity contribution < 1.29 is 4.74 Å². The van der Waals surface area contributed by atoms with Crippen LogP contribution in [-0.4, -0.2) is 12.7 Å². The molecule has 82 valence electrons. The Morgan fingerprint density at radius 2 is 2.14 bits per heavy atom. The van der Waals surface area contributed by atoms with E-state index in [1.807, 2.05) is 0 Å². The summed E-state index contributed by atoms with van der Waals surface area (Å²) in [7, 11) is 0. The standard InChI is InChI=1S/C13H24O/c1-3-5-6-8-13-10-9-12(7-4-2)11-14-13/h3,5,12-13H,4,6-11H2,1-2H3/b5-3+. The zero-order valence-electron chi connectivity index (χ0n) is 9.67. The number of hydrogen-bond donors (Lipinski definition) is 0. The molecule has 0 spiro atoms. The monoisotopic (exact) mass is 196 g/mol. The maximum Gasteiger partial charge on any atom is 0.0578 e. The van der Waals surface area contributed by atoms with Gasteiger partial charge in [0.2, 0.25) is 0 Å². The minimum atomic E-state index is 0.541. The van der Waals surface area contributed by atoms with E-state index in [-0.39, 0.29) is 0 Å². The lowest BCUT2D eigenvalue weighted by atomic mass is 9.93. The molecule has 1 aliphatic rings. The molecule has 2 unspecified atom stereocenters. The van der Waals surface area contributed by atoms with Crippen LogP contribution in [0.15, 0.2) is 12.2 Å². The van der Waals surface area contributed by atoms with Crippen molar-refractivity contribution in [2.75, 3.05) is 6.61 Å². The molecule has 1 heteroatoms. The fourth-order valence-electron chi connectivity index (χ4n) is 2.17. The maximum atomic E-state index is 5.86. The van der Waals surface area contributed by atoms with Gasteiger partial charge < -0.3 is 4.74 Å². The van der Waals surface area contributed by atoms with E-state index in [0.717, 1.165) is 12.5 Å². The van der Waals surface area contributed by atoms with Crippen LogP contribution in [-0.2, 0) is 4.74 Å². The molecule has 0 aromatic heterocycles. The van der Waals surface area contributed by atoms with Gasteiger partial charge in [-0.15, -0.1) is 0 Å². The van der Waals surface area contributed by atoms with Gasteiger partial charge in [0.1, 0.15) is 0 Å². The predicted molar refractivity (Wildman–Crippen MR) is 61.4 cm³/mol. The van der Waals surface area contributed by atoms with E-state index in [4.69, 9.17) is 4.74 Å². The molecular formula is C13H24O. The Bertz CT molecular complexity index is 155. The van der Waals surface area contributed by atoms with E-state index in [2.05, 4.69) is 26.0 Å². The van der Waals surface area contributed by atoms with Crippen LogP contribution in [0.3, 0.4) is 0 Å². The smallest absolute Gasteiger partial charge is 0.0578 e. The average Bonchev–Trinajstić information content (AvgIpc) is 2.21. The van der Waals surface area contributed by atoms with Crippen molar-refractivity contribution in [2.24, 2.45) is 5.92 Å². The maximum absolute atomic E-state index is 5.86. The first kappa shape index (κ1) is 11.8. The molecule has 1 nitrogen and oxygen atoms in total. The Kier molecular flexibility index (Phi) is 5.93. The van der Waals surface area contributed by atoms with Gasteiger partial charge in [-0.25, -0.2) is 0 Å². The molecule has 0 amide bonds. The first-order valence-corrected chi connectivity index (χ1v) is 6.09. The summed E-state index contributed by atoms with van der Waals surface area (Å²) in [5.74, 6) is 0.845. The van der Waals surface area contributed by atoms with Crippen molar-refractivity contribution in [3.05, 3.63) is 12.2 Å². The van der Waals surface area contributed by atoms with E-state index in [1.165, 1.54) is 38.5 Å². The van der Waals surface area contributed by atoms with E-state index in [1.54, 1.807) is 0 Å². The quantitative estimate of drug-likeness (QED) is 0.605. The zero-order valence-corrected chi connectivity index (χ0v) is 9.67. The van der Waals surface area contributed by atoms with Crippen LogP contribution in [0.1, 0.15) is 52.4 Å². The number of ether oxygens (including phenoxy) is 1. The Morgan fingerprint density at radius 1 is 1.29 bits per heavy atom. The molecule has 2 atom stereocenters. The summed E-state index contributed by atoms with van der Waals surface area (Å²) in [6.45, 7) is 5.35. The van der Waals surface area contributed by atoms with E-state index in [0.29, 0.717) is 6.10 Å². The summed E-state index contributed by atoms with van der Waals surface area (Å²) < 4.78 is 5.86. The van der Waals surface area contributed by atoms with Crippen LogP contribution in [0.2, 0.25) is 0 Å². The van der Waals surface area contributed by atoms with Gasteiger partial charge >= 0.3 is 0 Å². The second kappa shape index (κ2) is 7.05. The summed E-state index contributed by atoms with van der Waals surface area (Å²) >= 11 is 0. The van der Waals surface area contributed by atoms with Gasteiger partial charge in [0.25, 0.3) is 0 Å². The number of allylic oxidation sites excluding steroid dienone is 2. The molecule has 1 rings (SSSR count). The molecule has 14 heavy (non-hydrogen) atoms. The Balaban J connectivity index is 2.09. The summed E-state index contributed by atoms with van der Waals surface area (Å²) in [4.78, 5) is 0. The second-order valence-electron chi connectivity index (χ2n) is 4.33. The van der Waals surface area contributed by atoms with Crippen molar-refractivity contribution >= 4 is 0 Å². The zero-order chi connectivity index (χ0) is 10.2. The third kappa shape index (κ3) is 4.28. The van der Waals surface area contributed by atoms with Gasteiger partial charge in [0.15, 0.2) is 0 Å². The Hall–Kier alpha value is -0.300. The Morgan fingerprint density at radius 3 is 2.71 bits per heavy atom. The van der Waals surface area contributed by atoms with Crippen LogP contribution >= 0.6 is 0 Å². The highest BCUT2D eigenvalue weighted by molar-refractivity contribution is 4.79. The van der Waals surface area contributed by atoms with Crippen molar-refractivity contribution in [2.45, 2.75) is 58.5 Å². The minimum Gasteiger partial charge on any atom is -0.378 e. The molecule has 1 heterocycles. The summed E-state index contributed by atoms with van der Waals surface area (Å²) in [6.07, 6.45) is 12.6. The normalized spacial score (nSPS) is 28.4. The van der Waals surface area contributed by atoms with Crippen LogP contribution in [0.5, 0.6) is 0 Å². The van der Waals surface area contributed by atoms with Gasteiger partial charge in [0, 0.05) is 6.61 Å². The van der Waals surface area contributed by atoms with Gasteiger partial charge in [0.05, 0.1) is 6.10 Å². The summed E-state index contributed by atoms with van der Waals surface area (Å²) in [5.41, 5.74) is 0. The molecule has 0 saturated carbocycles. The highest BCUT2D eigenvalue weighted by Crippen LogP contribution is 2.24. The molecule has 1 fully saturated rings. The molecule has 0 bridgehead atoms. The van der Waals surface area contributed by atoms with Crippen LogP contribution in [0.25, 0.3) is 0 Å². The third-order valence-corrected chi connectivity index (χ3v) is 3.05. The van der Waals surface area contributed by atoms with Crippen molar-refractivity contribution in [3.63, 3.8) is 0 Å². The van der Waals surface area contributed by atoms with E-state index < -0.39 is 0 Å². The van der Waals surface area contributed by atoms with Gasteiger partial charge in [-0.05, 0) is 44.9 Å². The average molecular weight is 196 g/mol. The topological polar surface area (TPSA) is 9.23 Å².